The molecule has 3 rings (SSSR count). The van der Waals surface area contributed by atoms with Crippen molar-refractivity contribution in [3.05, 3.63) is 59.2 Å². The lowest BCUT2D eigenvalue weighted by molar-refractivity contribution is 0.864. The fourth-order valence-corrected chi connectivity index (χ4v) is 3.19. The largest absolute Gasteiger partial charge is 0.264 e. The summed E-state index contributed by atoms with van der Waals surface area (Å²) in [5.41, 5.74) is 4.90. The van der Waals surface area contributed by atoms with Crippen molar-refractivity contribution in [1.82, 2.24) is 9.97 Å². The Labute approximate surface area is 133 Å². The van der Waals surface area contributed by atoms with Gasteiger partial charge < -0.3 is 0 Å². The highest BCUT2D eigenvalue weighted by Crippen LogP contribution is 2.32. The Hall–Kier alpha value is -2.51. The van der Waals surface area contributed by atoms with Gasteiger partial charge in [0.1, 0.15) is 5.01 Å². The van der Waals surface area contributed by atoms with E-state index in [4.69, 9.17) is 10.2 Å². The van der Waals surface area contributed by atoms with E-state index in [1.807, 2.05) is 30.6 Å². The van der Waals surface area contributed by atoms with E-state index >= 15 is 0 Å². The predicted molar refractivity (Wildman–Crippen MR) is 89.6 cm³/mol. The van der Waals surface area contributed by atoms with E-state index in [0.717, 1.165) is 21.8 Å². The summed E-state index contributed by atoms with van der Waals surface area (Å²) in [4.78, 5) is 8.97. The highest BCUT2D eigenvalue weighted by Gasteiger charge is 2.12. The molecule has 0 spiro atoms. The molecular weight excluding hydrogens is 290 g/mol. The molecule has 0 atom stereocenters. The van der Waals surface area contributed by atoms with Gasteiger partial charge in [0.25, 0.3) is 0 Å². The monoisotopic (exact) mass is 305 g/mol. The van der Waals surface area contributed by atoms with Crippen LogP contribution in [0.15, 0.2) is 48.1 Å². The van der Waals surface area contributed by atoms with Crippen molar-refractivity contribution in [3.63, 3.8) is 0 Å². The van der Waals surface area contributed by atoms with Crippen LogP contribution in [-0.2, 0) is 0 Å². The fraction of sp³-hybridized carbons (Fsp3) is 0.167. The third-order valence-corrected chi connectivity index (χ3v) is 4.39. The van der Waals surface area contributed by atoms with Crippen molar-refractivity contribution in [1.29, 1.82) is 5.26 Å². The Balaban J connectivity index is 2.03. The molecule has 0 bridgehead atoms. The number of thiazole rings is 1. The highest BCUT2D eigenvalue weighted by atomic mass is 32.1. The molecule has 3 aromatic rings. The number of hydrogen-bond donors (Lipinski definition) is 0. The summed E-state index contributed by atoms with van der Waals surface area (Å²) in [6, 6.07) is 11.8. The number of nitriles is 1. The molecular formula is C18H15N3S. The molecule has 2 heterocycles. The first kappa shape index (κ1) is 14.4. The fourth-order valence-electron chi connectivity index (χ4n) is 2.37. The van der Waals surface area contributed by atoms with Crippen LogP contribution in [0.3, 0.4) is 0 Å². The van der Waals surface area contributed by atoms with Gasteiger partial charge in [-0.2, -0.15) is 5.26 Å². The molecule has 2 aromatic heterocycles. The number of pyridine rings is 1. The number of rotatable bonds is 3. The molecule has 0 unspecified atom stereocenters. The molecule has 0 saturated carbocycles. The molecule has 0 N–H and O–H groups in total. The number of benzene rings is 1. The number of nitrogens with zero attached hydrogens (tertiary/aromatic N) is 3. The van der Waals surface area contributed by atoms with E-state index < -0.39 is 0 Å². The Bertz CT molecular complexity index is 843. The molecule has 0 amide bonds. The highest BCUT2D eigenvalue weighted by molar-refractivity contribution is 7.13. The van der Waals surface area contributed by atoms with Gasteiger partial charge in [0.2, 0.25) is 0 Å². The predicted octanol–water partition coefficient (Wildman–Crippen LogP) is 4.87. The van der Waals surface area contributed by atoms with Crippen LogP contribution in [-0.4, -0.2) is 9.97 Å². The standard InChI is InChI=1S/C18H15N3S/c1-12(2)15-6-7-20-10-16(15)17-11-22-18(21-17)14-5-3-4-13(8-14)9-19/h3-8,10-12H,1-2H3. The molecule has 3 nitrogen and oxygen atoms in total. The van der Waals surface area contributed by atoms with Crippen LogP contribution in [0.25, 0.3) is 21.8 Å². The summed E-state index contributed by atoms with van der Waals surface area (Å²) in [7, 11) is 0. The zero-order chi connectivity index (χ0) is 15.5. The minimum Gasteiger partial charge on any atom is -0.264 e. The smallest absolute Gasteiger partial charge is 0.124 e. The Morgan fingerprint density at radius 2 is 2.09 bits per heavy atom. The van der Waals surface area contributed by atoms with Gasteiger partial charge >= 0.3 is 0 Å². The summed E-state index contributed by atoms with van der Waals surface area (Å²) in [6.07, 6.45) is 3.70. The van der Waals surface area contributed by atoms with Crippen molar-refractivity contribution >= 4 is 11.3 Å². The SMILES string of the molecule is CC(C)c1ccncc1-c1csc(-c2cccc(C#N)c2)n1. The van der Waals surface area contributed by atoms with Crippen LogP contribution < -0.4 is 0 Å². The Morgan fingerprint density at radius 1 is 1.23 bits per heavy atom. The summed E-state index contributed by atoms with van der Waals surface area (Å²) in [6.45, 7) is 4.34. The van der Waals surface area contributed by atoms with Gasteiger partial charge in [0.05, 0.1) is 17.3 Å². The maximum absolute atomic E-state index is 9.01. The maximum Gasteiger partial charge on any atom is 0.124 e. The van der Waals surface area contributed by atoms with Crippen LogP contribution in [0.5, 0.6) is 0 Å². The normalized spacial score (nSPS) is 10.6. The molecule has 1 aromatic carbocycles. The van der Waals surface area contributed by atoms with Gasteiger partial charge in [-0.1, -0.05) is 26.0 Å². The second-order valence-electron chi connectivity index (χ2n) is 5.35. The molecule has 0 aliphatic heterocycles. The molecule has 0 aliphatic rings. The van der Waals surface area contributed by atoms with E-state index in [1.54, 1.807) is 17.4 Å². The van der Waals surface area contributed by atoms with Crippen LogP contribution in [0.1, 0.15) is 30.9 Å². The summed E-state index contributed by atoms with van der Waals surface area (Å²) < 4.78 is 0. The first-order valence-corrected chi connectivity index (χ1v) is 7.97. The zero-order valence-corrected chi connectivity index (χ0v) is 13.3. The average molecular weight is 305 g/mol. The van der Waals surface area contributed by atoms with Crippen LogP contribution >= 0.6 is 11.3 Å². The van der Waals surface area contributed by atoms with Crippen LogP contribution in [0.4, 0.5) is 0 Å². The topological polar surface area (TPSA) is 49.6 Å². The Kier molecular flexibility index (Phi) is 3.99. The van der Waals surface area contributed by atoms with Crippen molar-refractivity contribution in [2.75, 3.05) is 0 Å². The molecule has 0 aliphatic carbocycles. The molecule has 108 valence electrons. The van der Waals surface area contributed by atoms with E-state index in [2.05, 4.69) is 36.3 Å². The molecule has 0 saturated heterocycles. The molecule has 0 fully saturated rings. The van der Waals surface area contributed by atoms with Crippen molar-refractivity contribution in [2.24, 2.45) is 0 Å². The van der Waals surface area contributed by atoms with Gasteiger partial charge in [-0.15, -0.1) is 11.3 Å². The minimum atomic E-state index is 0.421. The van der Waals surface area contributed by atoms with E-state index in [-0.39, 0.29) is 0 Å². The second kappa shape index (κ2) is 6.08. The van der Waals surface area contributed by atoms with Gasteiger partial charge in [-0.05, 0) is 29.7 Å². The molecule has 0 radical (unpaired) electrons. The molecule has 4 heteroatoms. The van der Waals surface area contributed by atoms with Gasteiger partial charge in [0, 0.05) is 28.9 Å². The molecule has 22 heavy (non-hydrogen) atoms. The lowest BCUT2D eigenvalue weighted by atomic mass is 9.98. The summed E-state index contributed by atoms with van der Waals surface area (Å²) >= 11 is 1.59. The lowest BCUT2D eigenvalue weighted by Crippen LogP contribution is -1.93. The van der Waals surface area contributed by atoms with Gasteiger partial charge in [-0.25, -0.2) is 4.98 Å². The van der Waals surface area contributed by atoms with Gasteiger partial charge in [0.15, 0.2) is 0 Å². The Morgan fingerprint density at radius 3 is 2.86 bits per heavy atom. The first-order valence-electron chi connectivity index (χ1n) is 7.09. The average Bonchev–Trinajstić information content (AvgIpc) is 3.05. The van der Waals surface area contributed by atoms with Crippen molar-refractivity contribution < 1.29 is 0 Å². The van der Waals surface area contributed by atoms with Gasteiger partial charge in [-0.3, -0.25) is 4.98 Å². The maximum atomic E-state index is 9.01. The third-order valence-electron chi connectivity index (χ3n) is 3.50. The van der Waals surface area contributed by atoms with Crippen molar-refractivity contribution in [3.8, 4) is 27.9 Å². The third kappa shape index (κ3) is 2.76. The van der Waals surface area contributed by atoms with E-state index in [1.165, 1.54) is 5.56 Å². The van der Waals surface area contributed by atoms with E-state index in [0.29, 0.717) is 11.5 Å². The number of hydrogen-bond acceptors (Lipinski definition) is 4. The van der Waals surface area contributed by atoms with Crippen molar-refractivity contribution in [2.45, 2.75) is 19.8 Å². The quantitative estimate of drug-likeness (QED) is 0.693. The van der Waals surface area contributed by atoms with E-state index in [9.17, 15) is 0 Å². The second-order valence-corrected chi connectivity index (χ2v) is 6.21. The summed E-state index contributed by atoms with van der Waals surface area (Å²) in [5.74, 6) is 0.421. The zero-order valence-electron chi connectivity index (χ0n) is 12.4. The number of aromatic nitrogens is 2. The summed E-state index contributed by atoms with van der Waals surface area (Å²) in [5, 5.41) is 12.0. The first-order chi connectivity index (χ1) is 10.7. The minimum absolute atomic E-state index is 0.421. The van der Waals surface area contributed by atoms with Crippen LogP contribution in [0.2, 0.25) is 0 Å². The van der Waals surface area contributed by atoms with Crippen LogP contribution in [0, 0.1) is 11.3 Å². The lowest BCUT2D eigenvalue weighted by Gasteiger charge is -2.09.